The molecule has 2 aromatic heterocycles. The molecule has 0 amide bonds. The average Bonchev–Trinajstić information content (AvgIpc) is 3.84. The van der Waals surface area contributed by atoms with Crippen LogP contribution in [0.15, 0.2) is 146 Å². The van der Waals surface area contributed by atoms with Crippen LogP contribution in [0.4, 0.5) is 17.6 Å². The largest absolute Gasteiger partial charge is 0.478 e. The lowest BCUT2D eigenvalue weighted by molar-refractivity contribution is -0.0505. The maximum atomic E-state index is 12.5. The van der Waals surface area contributed by atoms with Gasteiger partial charge in [0.15, 0.2) is 0 Å². The van der Waals surface area contributed by atoms with Gasteiger partial charge < -0.3 is 28.5 Å². The molecule has 0 unspecified atom stereocenters. The second-order valence-electron chi connectivity index (χ2n) is 14.5. The van der Waals surface area contributed by atoms with Gasteiger partial charge >= 0.3 is 25.2 Å². The number of carbonyl (C=O) groups is 2. The highest BCUT2D eigenvalue weighted by atomic mass is 35.5. The number of alkyl halides is 4. The van der Waals surface area contributed by atoms with Crippen LogP contribution in [0.5, 0.6) is 11.5 Å². The molecule has 0 atom stereocenters. The van der Waals surface area contributed by atoms with Crippen LogP contribution in [0.3, 0.4) is 0 Å². The lowest BCUT2D eigenvalue weighted by Crippen LogP contribution is -2.06. The quantitative estimate of drug-likeness (QED) is 0.0863. The Morgan fingerprint density at radius 2 is 1.03 bits per heavy atom. The lowest BCUT2D eigenvalue weighted by Gasteiger charge is -2.10. The van der Waals surface area contributed by atoms with E-state index in [1.807, 2.05) is 82.2 Å². The van der Waals surface area contributed by atoms with Crippen molar-refractivity contribution in [2.24, 2.45) is 0 Å². The molecule has 2 heterocycles. The number of esters is 1. The zero-order valence-electron chi connectivity index (χ0n) is 33.5. The number of methoxy groups -OCH3 is 1. The number of carboxylic acid groups (broad SMARTS) is 1. The van der Waals surface area contributed by atoms with E-state index in [0.29, 0.717) is 47.1 Å². The Labute approximate surface area is 369 Å². The highest BCUT2D eigenvalue weighted by Crippen LogP contribution is 2.27. The normalized spacial score (nSPS) is 11.2. The molecule has 0 fully saturated rings. The maximum absolute atomic E-state index is 12.5. The number of carboxylic acids is 1. The summed E-state index contributed by atoms with van der Waals surface area (Å²) in [6, 6.07) is 39.4. The Bertz CT molecular complexity index is 2910. The fourth-order valence-corrected chi connectivity index (χ4v) is 7.72. The maximum Gasteiger partial charge on any atom is 0.387 e. The van der Waals surface area contributed by atoms with Gasteiger partial charge in [0.1, 0.15) is 11.5 Å². The summed E-state index contributed by atoms with van der Waals surface area (Å²) in [5.41, 5.74) is 7.86. The SMILES string of the molecule is COC(=O)c1cc(Cl)ccc1Cc1ccc2c(ccn2Cc2cccc(OC(F)F)c2)c1.O=C(O)c1cc(Cl)ccc1Cc1ccc2c(ccn2Cc2cccc(OC(F)F)c2)c1. The fourth-order valence-electron chi connectivity index (χ4n) is 7.37. The van der Waals surface area contributed by atoms with Crippen molar-refractivity contribution in [2.45, 2.75) is 39.2 Å². The standard InChI is InChI=1S/C25H20ClF2NO3.C24H18ClF2NO3/c1-31-24(30)22-14-20(26)7-6-18(22)11-16-5-8-23-19(12-16)9-10-29(23)15-17-3-2-4-21(13-17)32-25(27)28;25-19-6-5-17(21(13-19)23(29)30)10-15-4-7-22-18(11-15)8-9-28(22)14-16-2-1-3-20(12-16)31-24(26)27/h2-10,12-14,25H,11,15H2,1H3;1-9,11-13,24H,10,14H2,(H,29,30). The molecular formula is C49H38Cl2F4N2O6. The van der Waals surface area contributed by atoms with E-state index in [2.05, 4.69) is 15.5 Å². The summed E-state index contributed by atoms with van der Waals surface area (Å²) in [5.74, 6) is -1.17. The zero-order valence-corrected chi connectivity index (χ0v) is 35.0. The monoisotopic (exact) mass is 896 g/mol. The number of hydrogen-bond donors (Lipinski definition) is 1. The molecule has 8 aromatic rings. The predicted molar refractivity (Wildman–Crippen MR) is 235 cm³/mol. The van der Waals surface area contributed by atoms with Crippen LogP contribution in [0.25, 0.3) is 21.8 Å². The minimum atomic E-state index is -2.86. The minimum absolute atomic E-state index is 0.128. The second-order valence-corrected chi connectivity index (χ2v) is 15.4. The van der Waals surface area contributed by atoms with Crippen LogP contribution in [0.1, 0.15) is 54.1 Å². The Balaban J connectivity index is 0.000000189. The number of halogens is 6. The van der Waals surface area contributed by atoms with Crippen LogP contribution in [-0.2, 0) is 30.7 Å². The number of benzene rings is 6. The van der Waals surface area contributed by atoms with Gasteiger partial charge in [-0.25, -0.2) is 9.59 Å². The van der Waals surface area contributed by atoms with Crippen molar-refractivity contribution in [2.75, 3.05) is 7.11 Å². The smallest absolute Gasteiger partial charge is 0.387 e. The van der Waals surface area contributed by atoms with Crippen molar-refractivity contribution in [1.82, 2.24) is 9.13 Å². The summed E-state index contributed by atoms with van der Waals surface area (Å²) < 4.78 is 67.8. The summed E-state index contributed by atoms with van der Waals surface area (Å²) in [5, 5.41) is 12.3. The Morgan fingerprint density at radius 3 is 1.48 bits per heavy atom. The van der Waals surface area contributed by atoms with E-state index in [0.717, 1.165) is 49.6 Å². The molecule has 0 radical (unpaired) electrons. The van der Waals surface area contributed by atoms with E-state index in [9.17, 15) is 32.3 Å². The molecule has 322 valence electrons. The molecule has 0 aliphatic heterocycles. The van der Waals surface area contributed by atoms with Gasteiger partial charge in [0.05, 0.1) is 18.2 Å². The number of carbonyl (C=O) groups excluding carboxylic acids is 1. The second kappa shape index (κ2) is 20.0. The van der Waals surface area contributed by atoms with E-state index in [1.54, 1.807) is 48.5 Å². The van der Waals surface area contributed by atoms with Gasteiger partial charge in [-0.2, -0.15) is 17.6 Å². The molecule has 1 N–H and O–H groups in total. The Morgan fingerprint density at radius 1 is 0.571 bits per heavy atom. The Hall–Kier alpha value is -6.76. The molecule has 6 aromatic carbocycles. The lowest BCUT2D eigenvalue weighted by atomic mass is 9.99. The first-order chi connectivity index (χ1) is 30.3. The van der Waals surface area contributed by atoms with Gasteiger partial charge in [-0.15, -0.1) is 0 Å². The third kappa shape index (κ3) is 11.4. The van der Waals surface area contributed by atoms with Crippen molar-refractivity contribution in [3.05, 3.63) is 200 Å². The van der Waals surface area contributed by atoms with Gasteiger partial charge in [0.2, 0.25) is 0 Å². The van der Waals surface area contributed by atoms with Crippen LogP contribution in [0.2, 0.25) is 10.0 Å². The van der Waals surface area contributed by atoms with Crippen LogP contribution >= 0.6 is 23.2 Å². The Kier molecular flexibility index (Phi) is 14.0. The molecule has 0 saturated heterocycles. The van der Waals surface area contributed by atoms with Crippen LogP contribution < -0.4 is 9.47 Å². The van der Waals surface area contributed by atoms with Crippen LogP contribution in [0, 0.1) is 0 Å². The van der Waals surface area contributed by atoms with Gasteiger partial charge in [-0.05, 0) is 142 Å². The van der Waals surface area contributed by atoms with Gasteiger partial charge in [0.25, 0.3) is 0 Å². The summed E-state index contributed by atoms with van der Waals surface area (Å²) in [4.78, 5) is 23.6. The number of hydrogen-bond acceptors (Lipinski definition) is 5. The van der Waals surface area contributed by atoms with E-state index < -0.39 is 25.2 Å². The molecular weight excluding hydrogens is 859 g/mol. The number of fused-ring (bicyclic) bond motifs is 2. The molecule has 63 heavy (non-hydrogen) atoms. The van der Waals surface area contributed by atoms with E-state index >= 15 is 0 Å². The third-order valence-electron chi connectivity index (χ3n) is 10.2. The van der Waals surface area contributed by atoms with Gasteiger partial charge in [-0.1, -0.05) is 71.7 Å². The molecule has 8 rings (SSSR count). The summed E-state index contributed by atoms with van der Waals surface area (Å²) in [6.07, 6.45) is 4.90. The molecule has 14 heteroatoms. The molecule has 8 nitrogen and oxygen atoms in total. The number of aromatic nitrogens is 2. The molecule has 0 spiro atoms. The topological polar surface area (TPSA) is 91.9 Å². The highest BCUT2D eigenvalue weighted by Gasteiger charge is 2.15. The fraction of sp³-hybridized carbons (Fsp3) is 0.143. The van der Waals surface area contributed by atoms with E-state index in [4.69, 9.17) is 27.9 Å². The average molecular weight is 898 g/mol. The minimum Gasteiger partial charge on any atom is -0.478 e. The first-order valence-electron chi connectivity index (χ1n) is 19.4. The molecule has 0 bridgehead atoms. The zero-order chi connectivity index (χ0) is 44.6. The highest BCUT2D eigenvalue weighted by molar-refractivity contribution is 6.31. The van der Waals surface area contributed by atoms with E-state index in [-0.39, 0.29) is 17.1 Å². The first-order valence-corrected chi connectivity index (χ1v) is 20.2. The summed E-state index contributed by atoms with van der Waals surface area (Å²) >= 11 is 12.0. The van der Waals surface area contributed by atoms with Gasteiger partial charge in [0, 0.05) is 46.6 Å². The number of rotatable bonds is 14. The van der Waals surface area contributed by atoms with Crippen LogP contribution in [-0.4, -0.2) is 46.5 Å². The van der Waals surface area contributed by atoms with Gasteiger partial charge in [-0.3, -0.25) is 0 Å². The molecule has 0 aliphatic carbocycles. The molecule has 0 saturated carbocycles. The third-order valence-corrected chi connectivity index (χ3v) is 10.7. The van der Waals surface area contributed by atoms with Crippen molar-refractivity contribution >= 4 is 56.9 Å². The number of ether oxygens (including phenoxy) is 3. The molecule has 0 aliphatic rings. The van der Waals surface area contributed by atoms with Crippen molar-refractivity contribution in [3.63, 3.8) is 0 Å². The summed E-state index contributed by atoms with van der Waals surface area (Å²) in [6.45, 7) is -4.68. The van der Waals surface area contributed by atoms with E-state index in [1.165, 1.54) is 25.3 Å². The summed E-state index contributed by atoms with van der Waals surface area (Å²) in [7, 11) is 1.34. The van der Waals surface area contributed by atoms with Crippen molar-refractivity contribution < 1.29 is 46.5 Å². The van der Waals surface area contributed by atoms with Crippen molar-refractivity contribution in [1.29, 1.82) is 0 Å². The number of nitrogens with zero attached hydrogens (tertiary/aromatic N) is 2. The van der Waals surface area contributed by atoms with Crippen molar-refractivity contribution in [3.8, 4) is 11.5 Å². The first kappa shape index (κ1) is 44.3. The predicted octanol–water partition coefficient (Wildman–Crippen LogP) is 12.6. The number of aromatic carboxylic acids is 1.